The van der Waals surface area contributed by atoms with Crippen LogP contribution in [0.1, 0.15) is 33.1 Å². The fourth-order valence-electron chi connectivity index (χ4n) is 3.53. The van der Waals surface area contributed by atoms with E-state index in [1.54, 1.807) is 16.9 Å². The second-order valence-corrected chi connectivity index (χ2v) is 7.06. The van der Waals surface area contributed by atoms with Crippen LogP contribution in [0.2, 0.25) is 0 Å². The second kappa shape index (κ2) is 8.11. The van der Waals surface area contributed by atoms with Crippen LogP contribution in [0.3, 0.4) is 0 Å². The summed E-state index contributed by atoms with van der Waals surface area (Å²) >= 11 is 0. The van der Waals surface area contributed by atoms with Crippen molar-refractivity contribution in [1.29, 1.82) is 0 Å². The van der Waals surface area contributed by atoms with Crippen LogP contribution >= 0.6 is 0 Å². The van der Waals surface area contributed by atoms with Crippen molar-refractivity contribution in [2.24, 2.45) is 11.3 Å². The van der Waals surface area contributed by atoms with Crippen LogP contribution in [0.25, 0.3) is 0 Å². The zero-order chi connectivity index (χ0) is 16.9. The van der Waals surface area contributed by atoms with E-state index in [9.17, 15) is 9.59 Å². The third-order valence-electron chi connectivity index (χ3n) is 5.18. The molecule has 0 radical (unpaired) electrons. The van der Waals surface area contributed by atoms with Crippen molar-refractivity contribution in [1.82, 2.24) is 9.80 Å². The third-order valence-corrected chi connectivity index (χ3v) is 5.18. The van der Waals surface area contributed by atoms with Gasteiger partial charge in [-0.05, 0) is 25.2 Å². The van der Waals surface area contributed by atoms with Crippen molar-refractivity contribution in [3.8, 4) is 0 Å². The molecule has 2 aliphatic heterocycles. The molecule has 2 saturated heterocycles. The molecule has 132 valence electrons. The Morgan fingerprint density at radius 3 is 2.65 bits per heavy atom. The maximum absolute atomic E-state index is 13.0. The van der Waals surface area contributed by atoms with Gasteiger partial charge >= 0.3 is 0 Å². The molecule has 2 rings (SSSR count). The monoisotopic (exact) mass is 326 g/mol. The number of rotatable bonds is 5. The number of nitrogens with zero attached hydrogens (tertiary/aromatic N) is 2. The largest absolute Gasteiger partial charge is 0.383 e. The molecule has 0 aliphatic carbocycles. The quantitative estimate of drug-likeness (QED) is 0.760. The Labute approximate surface area is 139 Å². The Kier molecular flexibility index (Phi) is 6.41. The average Bonchev–Trinajstić information content (AvgIpc) is 2.74. The van der Waals surface area contributed by atoms with Gasteiger partial charge < -0.3 is 19.3 Å². The lowest BCUT2D eigenvalue weighted by Gasteiger charge is -2.38. The molecule has 0 aromatic heterocycles. The first kappa shape index (κ1) is 18.2. The Bertz CT molecular complexity index is 419. The number of hydrogen-bond acceptors (Lipinski definition) is 4. The molecule has 0 N–H and O–H groups in total. The number of hydrogen-bond donors (Lipinski definition) is 0. The smallest absolute Gasteiger partial charge is 0.242 e. The Morgan fingerprint density at radius 1 is 1.30 bits per heavy atom. The predicted octanol–water partition coefficient (Wildman–Crippen LogP) is 1.15. The maximum Gasteiger partial charge on any atom is 0.242 e. The molecule has 0 aromatic carbocycles. The number of methoxy groups -OCH3 is 1. The lowest BCUT2D eigenvalue weighted by Crippen LogP contribution is -2.48. The van der Waals surface area contributed by atoms with Crippen molar-refractivity contribution in [3.63, 3.8) is 0 Å². The molecule has 2 amide bonds. The molecule has 0 atom stereocenters. The number of carbonyl (C=O) groups excluding carboxylic acids is 2. The van der Waals surface area contributed by atoms with Crippen LogP contribution in [0.15, 0.2) is 0 Å². The number of amides is 2. The molecular weight excluding hydrogens is 296 g/mol. The van der Waals surface area contributed by atoms with E-state index < -0.39 is 5.41 Å². The second-order valence-electron chi connectivity index (χ2n) is 7.06. The van der Waals surface area contributed by atoms with Gasteiger partial charge in [0.25, 0.3) is 0 Å². The van der Waals surface area contributed by atoms with Gasteiger partial charge in [-0.25, -0.2) is 0 Å². The van der Waals surface area contributed by atoms with Crippen molar-refractivity contribution in [2.45, 2.75) is 33.1 Å². The van der Waals surface area contributed by atoms with Crippen LogP contribution in [-0.2, 0) is 19.1 Å². The van der Waals surface area contributed by atoms with Gasteiger partial charge in [-0.1, -0.05) is 13.8 Å². The lowest BCUT2D eigenvalue weighted by molar-refractivity contribution is -0.148. The Balaban J connectivity index is 1.99. The molecule has 6 heteroatoms. The van der Waals surface area contributed by atoms with E-state index in [4.69, 9.17) is 9.47 Å². The normalized spacial score (nSPS) is 21.4. The molecule has 0 spiro atoms. The summed E-state index contributed by atoms with van der Waals surface area (Å²) in [7, 11) is 1.63. The Hall–Kier alpha value is -1.14. The molecule has 2 fully saturated rings. The summed E-state index contributed by atoms with van der Waals surface area (Å²) in [5.74, 6) is 0.453. The summed E-state index contributed by atoms with van der Waals surface area (Å²) in [6.45, 7) is 8.16. The average molecular weight is 326 g/mol. The summed E-state index contributed by atoms with van der Waals surface area (Å²) in [5.41, 5.74) is -0.439. The predicted molar refractivity (Wildman–Crippen MR) is 87.0 cm³/mol. The molecule has 0 bridgehead atoms. The van der Waals surface area contributed by atoms with Crippen molar-refractivity contribution >= 4 is 11.8 Å². The van der Waals surface area contributed by atoms with E-state index in [2.05, 4.69) is 0 Å². The highest BCUT2D eigenvalue weighted by molar-refractivity contribution is 5.88. The van der Waals surface area contributed by atoms with Gasteiger partial charge in [0.1, 0.15) is 0 Å². The van der Waals surface area contributed by atoms with Gasteiger partial charge in [0, 0.05) is 45.4 Å². The van der Waals surface area contributed by atoms with Crippen LogP contribution in [0, 0.1) is 11.3 Å². The number of ether oxygens (including phenoxy) is 2. The fourth-order valence-corrected chi connectivity index (χ4v) is 3.53. The minimum absolute atomic E-state index is 0.0238. The highest BCUT2D eigenvalue weighted by Crippen LogP contribution is 2.36. The standard InChI is InChI=1S/C17H30N2O4/c1-17(2,14-5-10-23-11-6-14)16(21)19-8-4-7-18(9-12-22-3)15(20)13-19/h14H,4-13H2,1-3H3. The first-order valence-corrected chi connectivity index (χ1v) is 8.60. The van der Waals surface area contributed by atoms with Crippen molar-refractivity contribution in [3.05, 3.63) is 0 Å². The molecule has 0 unspecified atom stereocenters. The van der Waals surface area contributed by atoms with Crippen LogP contribution in [0.4, 0.5) is 0 Å². The van der Waals surface area contributed by atoms with Gasteiger partial charge in [0.15, 0.2) is 0 Å². The van der Waals surface area contributed by atoms with Crippen molar-refractivity contribution < 1.29 is 19.1 Å². The Morgan fingerprint density at radius 2 is 2.00 bits per heavy atom. The first-order valence-electron chi connectivity index (χ1n) is 8.60. The molecule has 2 aliphatic rings. The zero-order valence-corrected chi connectivity index (χ0v) is 14.7. The SMILES string of the molecule is COCCN1CCCN(C(=O)C(C)(C)C2CCOCC2)CC1=O. The minimum atomic E-state index is -0.439. The van der Waals surface area contributed by atoms with E-state index in [1.807, 2.05) is 13.8 Å². The summed E-state index contributed by atoms with van der Waals surface area (Å²) in [4.78, 5) is 29.0. The van der Waals surface area contributed by atoms with E-state index >= 15 is 0 Å². The summed E-state index contributed by atoms with van der Waals surface area (Å²) < 4.78 is 10.5. The lowest BCUT2D eigenvalue weighted by atomic mass is 9.73. The van der Waals surface area contributed by atoms with Gasteiger partial charge in [-0.3, -0.25) is 9.59 Å². The van der Waals surface area contributed by atoms with E-state index in [1.165, 1.54) is 0 Å². The summed E-state index contributed by atoms with van der Waals surface area (Å²) in [5, 5.41) is 0. The first-order chi connectivity index (χ1) is 11.0. The molecule has 0 aromatic rings. The molecular formula is C17H30N2O4. The zero-order valence-electron chi connectivity index (χ0n) is 14.7. The van der Waals surface area contributed by atoms with Crippen molar-refractivity contribution in [2.75, 3.05) is 53.1 Å². The van der Waals surface area contributed by atoms with Gasteiger partial charge in [0.2, 0.25) is 11.8 Å². The molecule has 2 heterocycles. The van der Waals surface area contributed by atoms with E-state index in [0.717, 1.165) is 32.5 Å². The van der Waals surface area contributed by atoms with Gasteiger partial charge in [-0.15, -0.1) is 0 Å². The maximum atomic E-state index is 13.0. The highest BCUT2D eigenvalue weighted by atomic mass is 16.5. The molecule has 0 saturated carbocycles. The summed E-state index contributed by atoms with van der Waals surface area (Å²) in [6, 6.07) is 0. The van der Waals surface area contributed by atoms with E-state index in [-0.39, 0.29) is 18.4 Å². The van der Waals surface area contributed by atoms with Gasteiger partial charge in [0.05, 0.1) is 13.2 Å². The van der Waals surface area contributed by atoms with E-state index in [0.29, 0.717) is 32.2 Å². The molecule has 6 nitrogen and oxygen atoms in total. The topological polar surface area (TPSA) is 59.1 Å². The third kappa shape index (κ3) is 4.44. The van der Waals surface area contributed by atoms with Gasteiger partial charge in [-0.2, -0.15) is 0 Å². The minimum Gasteiger partial charge on any atom is -0.383 e. The fraction of sp³-hybridized carbons (Fsp3) is 0.882. The highest BCUT2D eigenvalue weighted by Gasteiger charge is 2.41. The van der Waals surface area contributed by atoms with Crippen LogP contribution in [-0.4, -0.2) is 74.7 Å². The van der Waals surface area contributed by atoms with Crippen LogP contribution < -0.4 is 0 Å². The molecule has 23 heavy (non-hydrogen) atoms. The summed E-state index contributed by atoms with van der Waals surface area (Å²) in [6.07, 6.45) is 2.66. The number of carbonyl (C=O) groups is 2. The van der Waals surface area contributed by atoms with Crippen LogP contribution in [0.5, 0.6) is 0 Å².